The summed E-state index contributed by atoms with van der Waals surface area (Å²) in [5.41, 5.74) is 1.20. The van der Waals surface area contributed by atoms with E-state index in [1.54, 1.807) is 41.4 Å². The molecule has 1 aromatic carbocycles. The van der Waals surface area contributed by atoms with Crippen molar-refractivity contribution in [1.29, 1.82) is 0 Å². The Kier molecular flexibility index (Phi) is 6.12. The summed E-state index contributed by atoms with van der Waals surface area (Å²) in [6.07, 6.45) is 3.72. The molecule has 36 heavy (non-hydrogen) atoms. The number of methoxy groups -OCH3 is 1. The Hall–Kier alpha value is -3.93. The maximum atomic E-state index is 13.8. The van der Waals surface area contributed by atoms with E-state index in [2.05, 4.69) is 24.7 Å². The number of anilines is 2. The number of aromatic nitrogens is 4. The highest BCUT2D eigenvalue weighted by Crippen LogP contribution is 2.38. The van der Waals surface area contributed by atoms with Crippen molar-refractivity contribution in [1.82, 2.24) is 19.9 Å². The van der Waals surface area contributed by atoms with Crippen LogP contribution >= 0.6 is 0 Å². The Morgan fingerprint density at radius 2 is 1.83 bits per heavy atom. The summed E-state index contributed by atoms with van der Waals surface area (Å²) in [5.74, 6) is -1.70. The largest absolute Gasteiger partial charge is 0.481 e. The van der Waals surface area contributed by atoms with Crippen molar-refractivity contribution in [3.63, 3.8) is 0 Å². The van der Waals surface area contributed by atoms with Gasteiger partial charge in [-0.3, -0.25) is 9.71 Å². The van der Waals surface area contributed by atoms with Crippen LogP contribution in [0, 0.1) is 0 Å². The van der Waals surface area contributed by atoms with Gasteiger partial charge in [-0.05, 0) is 35.7 Å². The van der Waals surface area contributed by atoms with Gasteiger partial charge in [0, 0.05) is 55.3 Å². The third-order valence-electron chi connectivity index (χ3n) is 5.98. The summed E-state index contributed by atoms with van der Waals surface area (Å²) in [6, 6.07) is 11.3. The summed E-state index contributed by atoms with van der Waals surface area (Å²) in [7, 11) is -2.41. The van der Waals surface area contributed by atoms with E-state index in [9.17, 15) is 17.2 Å². The number of rotatable bonds is 6. The molecule has 0 unspecified atom stereocenters. The van der Waals surface area contributed by atoms with Crippen LogP contribution in [0.25, 0.3) is 22.0 Å². The predicted octanol–water partition coefficient (Wildman–Crippen LogP) is 4.13. The van der Waals surface area contributed by atoms with Gasteiger partial charge in [0.2, 0.25) is 5.88 Å². The zero-order chi connectivity index (χ0) is 25.3. The van der Waals surface area contributed by atoms with Crippen LogP contribution in [0.15, 0.2) is 66.1 Å². The van der Waals surface area contributed by atoms with E-state index < -0.39 is 15.9 Å². The third kappa shape index (κ3) is 4.76. The van der Waals surface area contributed by atoms with Gasteiger partial charge in [0.15, 0.2) is 0 Å². The second kappa shape index (κ2) is 9.26. The van der Waals surface area contributed by atoms with Crippen LogP contribution < -0.4 is 14.4 Å². The van der Waals surface area contributed by atoms with Crippen LogP contribution in [0.5, 0.6) is 5.88 Å². The number of halogens is 2. The molecule has 0 aliphatic carbocycles. The fraction of sp³-hybridized carbons (Fsp3) is 0.250. The molecule has 0 radical (unpaired) electrons. The molecule has 186 valence electrons. The van der Waals surface area contributed by atoms with Crippen molar-refractivity contribution in [3.8, 4) is 17.1 Å². The molecule has 1 fully saturated rings. The quantitative estimate of drug-likeness (QED) is 0.411. The highest BCUT2D eigenvalue weighted by atomic mass is 32.2. The lowest BCUT2D eigenvalue weighted by atomic mass is 10.0. The summed E-state index contributed by atoms with van der Waals surface area (Å²) < 4.78 is 61.1. The monoisotopic (exact) mass is 512 g/mol. The Bertz CT molecular complexity index is 1510. The maximum Gasteiger partial charge on any atom is 0.263 e. The first-order chi connectivity index (χ1) is 17.3. The van der Waals surface area contributed by atoms with E-state index in [1.807, 2.05) is 0 Å². The van der Waals surface area contributed by atoms with Crippen LogP contribution in [0.2, 0.25) is 0 Å². The zero-order valence-electron chi connectivity index (χ0n) is 19.2. The molecule has 0 spiro atoms. The lowest BCUT2D eigenvalue weighted by Gasteiger charge is -2.33. The molecular weight excluding hydrogens is 490 g/mol. The Morgan fingerprint density at radius 1 is 1.03 bits per heavy atom. The molecule has 0 amide bonds. The van der Waals surface area contributed by atoms with Crippen LogP contribution in [0.3, 0.4) is 0 Å². The highest BCUT2D eigenvalue weighted by molar-refractivity contribution is 7.92. The number of sulfonamides is 1. The van der Waals surface area contributed by atoms with Gasteiger partial charge in [-0.2, -0.15) is 4.98 Å². The second-order valence-corrected chi connectivity index (χ2v) is 9.99. The minimum absolute atomic E-state index is 0.0529. The van der Waals surface area contributed by atoms with Gasteiger partial charge < -0.3 is 9.64 Å². The minimum Gasteiger partial charge on any atom is -0.481 e. The zero-order valence-corrected chi connectivity index (χ0v) is 20.0. The molecule has 1 aliphatic heterocycles. The lowest BCUT2D eigenvalue weighted by molar-refractivity contribution is -0.0221. The average molecular weight is 513 g/mol. The molecule has 5 rings (SSSR count). The van der Waals surface area contributed by atoms with E-state index in [0.29, 0.717) is 33.7 Å². The first kappa shape index (κ1) is 23.8. The second-order valence-electron chi connectivity index (χ2n) is 8.31. The van der Waals surface area contributed by atoms with Crippen molar-refractivity contribution < 1.29 is 21.9 Å². The number of hydrogen-bond donors (Lipinski definition) is 1. The van der Waals surface area contributed by atoms with Gasteiger partial charge >= 0.3 is 0 Å². The molecule has 0 saturated carbocycles. The number of fused-ring (bicyclic) bond motifs is 1. The van der Waals surface area contributed by atoms with Gasteiger partial charge in [0.05, 0.1) is 17.7 Å². The van der Waals surface area contributed by atoms with Gasteiger partial charge in [-0.15, -0.1) is 0 Å². The van der Waals surface area contributed by atoms with Crippen LogP contribution in [-0.4, -0.2) is 54.5 Å². The first-order valence-electron chi connectivity index (χ1n) is 11.1. The predicted molar refractivity (Wildman–Crippen MR) is 131 cm³/mol. The number of nitrogens with one attached hydrogen (secondary N) is 1. The number of hydrogen-bond acceptors (Lipinski definition) is 8. The van der Waals surface area contributed by atoms with Crippen molar-refractivity contribution in [3.05, 3.63) is 61.2 Å². The Labute approximate surface area is 206 Å². The summed E-state index contributed by atoms with van der Waals surface area (Å²) in [5, 5.41) is 1.33. The van der Waals surface area contributed by atoms with E-state index in [1.165, 1.54) is 31.8 Å². The highest BCUT2D eigenvalue weighted by Gasteiger charge is 2.35. The maximum absolute atomic E-state index is 13.8. The van der Waals surface area contributed by atoms with Crippen molar-refractivity contribution in [2.45, 2.75) is 23.7 Å². The number of ether oxygens (including phenoxy) is 1. The molecule has 0 bridgehead atoms. The lowest BCUT2D eigenvalue weighted by Crippen LogP contribution is -2.40. The van der Waals surface area contributed by atoms with Gasteiger partial charge in [0.1, 0.15) is 18.0 Å². The molecule has 1 N–H and O–H groups in total. The van der Waals surface area contributed by atoms with Gasteiger partial charge in [-0.25, -0.2) is 27.2 Å². The van der Waals surface area contributed by atoms with E-state index in [-0.39, 0.29) is 36.6 Å². The van der Waals surface area contributed by atoms with Crippen LogP contribution in [0.1, 0.15) is 12.8 Å². The smallest absolute Gasteiger partial charge is 0.263 e. The number of alkyl halides is 2. The van der Waals surface area contributed by atoms with E-state index >= 15 is 0 Å². The molecule has 9 nitrogen and oxygen atoms in total. The first-order valence-corrected chi connectivity index (χ1v) is 12.6. The fourth-order valence-electron chi connectivity index (χ4n) is 4.10. The molecule has 4 heterocycles. The van der Waals surface area contributed by atoms with Crippen molar-refractivity contribution in [2.75, 3.05) is 29.8 Å². The fourth-order valence-corrected chi connectivity index (χ4v) is 5.14. The molecule has 4 aromatic rings. The SMILES string of the molecule is COc1ccc(-c2nccc3cc(S(=O)(=O)Nc4ccncn4)ccc23)c(N2CCC(F)(F)CC2)n1. The summed E-state index contributed by atoms with van der Waals surface area (Å²) in [6.45, 7) is 0.282. The van der Waals surface area contributed by atoms with Crippen molar-refractivity contribution in [2.24, 2.45) is 0 Å². The molecule has 12 heteroatoms. The standard InChI is InChI=1S/C24H22F2N6O3S/c1-35-21-5-4-19(23(30-21)32-12-8-24(25,26)9-13-32)22-18-3-2-17(14-16(18)6-11-28-22)36(33,34)31-20-7-10-27-15-29-20/h2-7,10-11,14-15H,8-9,12-13H2,1H3,(H,27,29,31). The molecule has 0 atom stereocenters. The van der Waals surface area contributed by atoms with Crippen LogP contribution in [0.4, 0.5) is 20.4 Å². The molecule has 1 aliphatic rings. The Morgan fingerprint density at radius 3 is 2.56 bits per heavy atom. The normalized spacial score (nSPS) is 15.6. The van der Waals surface area contributed by atoms with E-state index in [4.69, 9.17) is 4.74 Å². The van der Waals surface area contributed by atoms with Crippen molar-refractivity contribution >= 4 is 32.4 Å². The number of benzene rings is 1. The number of pyridine rings is 2. The topological polar surface area (TPSA) is 110 Å². The Balaban J connectivity index is 1.55. The third-order valence-corrected chi connectivity index (χ3v) is 7.33. The number of nitrogens with zero attached hydrogens (tertiary/aromatic N) is 5. The minimum atomic E-state index is -3.90. The summed E-state index contributed by atoms with van der Waals surface area (Å²) >= 11 is 0. The average Bonchev–Trinajstić information content (AvgIpc) is 2.88. The number of piperidine rings is 1. The molecule has 3 aromatic heterocycles. The summed E-state index contributed by atoms with van der Waals surface area (Å²) in [4.78, 5) is 18.6. The molecular formula is C24H22F2N6O3S. The van der Waals surface area contributed by atoms with Crippen LogP contribution in [-0.2, 0) is 10.0 Å². The van der Waals surface area contributed by atoms with E-state index in [0.717, 1.165) is 0 Å². The van der Waals surface area contributed by atoms with Gasteiger partial charge in [0.25, 0.3) is 15.9 Å². The van der Waals surface area contributed by atoms with Gasteiger partial charge in [-0.1, -0.05) is 6.07 Å². The molecule has 1 saturated heterocycles.